The molecule has 24 heavy (non-hydrogen) atoms. The molecule has 0 aromatic heterocycles. The standard InChI is InChI=1S/C15H25N5O4/c1-10(2)8-19-6-4-15(5-7-19)13(23)20(14(24)16-15)9-12(22)18-17-11(3)21/h10H,4-9H2,1-3H3,(H,16,24)(H,17,21)(H,18,22). The molecule has 2 aliphatic heterocycles. The Labute approximate surface area is 141 Å². The van der Waals surface area contributed by atoms with Crippen molar-refractivity contribution in [3.63, 3.8) is 0 Å². The maximum atomic E-state index is 12.7. The zero-order valence-electron chi connectivity index (χ0n) is 14.3. The van der Waals surface area contributed by atoms with Gasteiger partial charge in [0.2, 0.25) is 5.91 Å². The summed E-state index contributed by atoms with van der Waals surface area (Å²) >= 11 is 0. The highest BCUT2D eigenvalue weighted by Crippen LogP contribution is 2.29. The molecule has 0 unspecified atom stereocenters. The van der Waals surface area contributed by atoms with Gasteiger partial charge >= 0.3 is 6.03 Å². The summed E-state index contributed by atoms with van der Waals surface area (Å²) in [6.45, 7) is 7.54. The number of nitrogens with one attached hydrogen (secondary N) is 3. The molecule has 3 N–H and O–H groups in total. The van der Waals surface area contributed by atoms with Crippen LogP contribution in [0.5, 0.6) is 0 Å². The van der Waals surface area contributed by atoms with E-state index in [0.717, 1.165) is 24.5 Å². The lowest BCUT2D eigenvalue weighted by molar-refractivity contribution is -0.137. The molecule has 9 heteroatoms. The molecule has 0 aliphatic carbocycles. The number of imide groups is 1. The van der Waals surface area contributed by atoms with E-state index in [1.807, 2.05) is 0 Å². The van der Waals surface area contributed by atoms with Crippen molar-refractivity contribution in [1.82, 2.24) is 26.0 Å². The van der Waals surface area contributed by atoms with Crippen molar-refractivity contribution in [3.8, 4) is 0 Å². The molecule has 2 aliphatic rings. The van der Waals surface area contributed by atoms with Gasteiger partial charge in [-0.2, -0.15) is 0 Å². The van der Waals surface area contributed by atoms with Gasteiger partial charge in [-0.15, -0.1) is 0 Å². The molecular weight excluding hydrogens is 314 g/mol. The topological polar surface area (TPSA) is 111 Å². The highest BCUT2D eigenvalue weighted by molar-refractivity contribution is 6.09. The zero-order valence-corrected chi connectivity index (χ0v) is 14.3. The van der Waals surface area contributed by atoms with Crippen LogP contribution in [0.25, 0.3) is 0 Å². The van der Waals surface area contributed by atoms with E-state index in [0.29, 0.717) is 18.8 Å². The Morgan fingerprint density at radius 2 is 1.83 bits per heavy atom. The third-order valence-corrected chi connectivity index (χ3v) is 4.26. The van der Waals surface area contributed by atoms with Gasteiger partial charge in [-0.3, -0.25) is 30.1 Å². The molecule has 0 aromatic carbocycles. The van der Waals surface area contributed by atoms with Gasteiger partial charge in [0.25, 0.3) is 11.8 Å². The maximum Gasteiger partial charge on any atom is 0.325 e. The van der Waals surface area contributed by atoms with Crippen LogP contribution >= 0.6 is 0 Å². The first-order valence-electron chi connectivity index (χ1n) is 8.15. The largest absolute Gasteiger partial charge is 0.325 e. The highest BCUT2D eigenvalue weighted by Gasteiger charge is 2.52. The van der Waals surface area contributed by atoms with E-state index in [-0.39, 0.29) is 5.91 Å². The minimum Gasteiger partial charge on any atom is -0.323 e. The highest BCUT2D eigenvalue weighted by atomic mass is 16.2. The quantitative estimate of drug-likeness (QED) is 0.458. The first kappa shape index (κ1) is 18.2. The van der Waals surface area contributed by atoms with E-state index in [1.165, 1.54) is 6.92 Å². The first-order chi connectivity index (χ1) is 11.2. The summed E-state index contributed by atoms with van der Waals surface area (Å²) in [5.74, 6) is -0.880. The maximum absolute atomic E-state index is 12.7. The Kier molecular flexibility index (Phi) is 5.43. The molecular formula is C15H25N5O4. The number of piperidine rings is 1. The smallest absolute Gasteiger partial charge is 0.323 e. The van der Waals surface area contributed by atoms with Crippen LogP contribution in [0.1, 0.15) is 33.6 Å². The van der Waals surface area contributed by atoms with E-state index < -0.39 is 29.9 Å². The van der Waals surface area contributed by atoms with Crippen molar-refractivity contribution in [2.45, 2.75) is 39.2 Å². The normalized spacial score (nSPS) is 20.4. The van der Waals surface area contributed by atoms with Crippen LogP contribution < -0.4 is 16.2 Å². The number of hydrazine groups is 1. The number of rotatable bonds is 4. The van der Waals surface area contributed by atoms with E-state index in [2.05, 4.69) is 34.9 Å². The molecule has 2 heterocycles. The summed E-state index contributed by atoms with van der Waals surface area (Å²) in [5, 5.41) is 2.76. The number of hydrogen-bond donors (Lipinski definition) is 3. The third kappa shape index (κ3) is 4.02. The average Bonchev–Trinajstić information content (AvgIpc) is 2.72. The lowest BCUT2D eigenvalue weighted by Gasteiger charge is -2.37. The number of hydrogen-bond acceptors (Lipinski definition) is 5. The monoisotopic (exact) mass is 339 g/mol. The number of likely N-dealkylation sites (tertiary alicyclic amines) is 1. The molecule has 0 saturated carbocycles. The summed E-state index contributed by atoms with van der Waals surface area (Å²) < 4.78 is 0. The van der Waals surface area contributed by atoms with Gasteiger partial charge in [-0.05, 0) is 18.8 Å². The van der Waals surface area contributed by atoms with Crippen molar-refractivity contribution in [3.05, 3.63) is 0 Å². The molecule has 2 rings (SSSR count). The van der Waals surface area contributed by atoms with Gasteiger partial charge in [-0.1, -0.05) is 13.8 Å². The number of carbonyl (C=O) groups excluding carboxylic acids is 4. The second kappa shape index (κ2) is 7.16. The van der Waals surface area contributed by atoms with Crippen LogP contribution in [0.15, 0.2) is 0 Å². The van der Waals surface area contributed by atoms with Gasteiger partial charge in [0.05, 0.1) is 0 Å². The molecule has 134 valence electrons. The molecule has 1 spiro atoms. The van der Waals surface area contributed by atoms with Gasteiger partial charge < -0.3 is 10.2 Å². The number of carbonyl (C=O) groups is 4. The van der Waals surface area contributed by atoms with Crippen molar-refractivity contribution in [1.29, 1.82) is 0 Å². The molecule has 9 nitrogen and oxygen atoms in total. The molecule has 0 radical (unpaired) electrons. The van der Waals surface area contributed by atoms with Gasteiger partial charge in [0.1, 0.15) is 12.1 Å². The average molecular weight is 339 g/mol. The number of amides is 5. The van der Waals surface area contributed by atoms with Crippen LogP contribution in [-0.2, 0) is 14.4 Å². The second-order valence-corrected chi connectivity index (χ2v) is 6.83. The Hall–Kier alpha value is -2.16. The van der Waals surface area contributed by atoms with Crippen LogP contribution in [0.4, 0.5) is 4.79 Å². The molecule has 0 bridgehead atoms. The van der Waals surface area contributed by atoms with E-state index >= 15 is 0 Å². The van der Waals surface area contributed by atoms with E-state index in [4.69, 9.17) is 0 Å². The molecule has 2 fully saturated rings. The first-order valence-corrected chi connectivity index (χ1v) is 8.15. The summed E-state index contributed by atoms with van der Waals surface area (Å²) in [5.41, 5.74) is 3.37. The fourth-order valence-electron chi connectivity index (χ4n) is 3.13. The Bertz CT molecular complexity index is 540. The zero-order chi connectivity index (χ0) is 17.9. The minimum atomic E-state index is -0.904. The Morgan fingerprint density at radius 1 is 1.21 bits per heavy atom. The van der Waals surface area contributed by atoms with Crippen LogP contribution in [-0.4, -0.2) is 65.3 Å². The van der Waals surface area contributed by atoms with Gasteiger partial charge in [0.15, 0.2) is 0 Å². The lowest BCUT2D eigenvalue weighted by atomic mass is 9.87. The van der Waals surface area contributed by atoms with Crippen LogP contribution in [0.2, 0.25) is 0 Å². The summed E-state index contributed by atoms with van der Waals surface area (Å²) in [4.78, 5) is 50.5. The number of urea groups is 1. The van der Waals surface area contributed by atoms with Gasteiger partial charge in [0, 0.05) is 26.6 Å². The fraction of sp³-hybridized carbons (Fsp3) is 0.733. The van der Waals surface area contributed by atoms with E-state index in [1.54, 1.807) is 0 Å². The minimum absolute atomic E-state index is 0.366. The van der Waals surface area contributed by atoms with Crippen molar-refractivity contribution >= 4 is 23.8 Å². The SMILES string of the molecule is CC(=O)NNC(=O)CN1C(=O)NC2(CCN(CC(C)C)CC2)C1=O. The Balaban J connectivity index is 1.94. The van der Waals surface area contributed by atoms with Gasteiger partial charge in [-0.25, -0.2) is 4.79 Å². The number of nitrogens with zero attached hydrogens (tertiary/aromatic N) is 2. The second-order valence-electron chi connectivity index (χ2n) is 6.83. The summed E-state index contributed by atoms with van der Waals surface area (Å²) in [6, 6.07) is -0.560. The molecule has 2 saturated heterocycles. The fourth-order valence-corrected chi connectivity index (χ4v) is 3.13. The summed E-state index contributed by atoms with van der Waals surface area (Å²) in [7, 11) is 0. The van der Waals surface area contributed by atoms with Crippen LogP contribution in [0, 0.1) is 5.92 Å². The third-order valence-electron chi connectivity index (χ3n) is 4.26. The van der Waals surface area contributed by atoms with Crippen molar-refractivity contribution in [2.75, 3.05) is 26.2 Å². The van der Waals surface area contributed by atoms with Crippen molar-refractivity contribution in [2.24, 2.45) is 5.92 Å². The molecule has 5 amide bonds. The summed E-state index contributed by atoms with van der Waals surface area (Å²) in [6.07, 6.45) is 1.07. The predicted molar refractivity (Wildman–Crippen MR) is 85.4 cm³/mol. The molecule has 0 atom stereocenters. The molecule has 0 aromatic rings. The predicted octanol–water partition coefficient (Wildman–Crippen LogP) is -0.804. The lowest BCUT2D eigenvalue weighted by Crippen LogP contribution is -2.55. The Morgan fingerprint density at radius 3 is 2.38 bits per heavy atom. The van der Waals surface area contributed by atoms with E-state index in [9.17, 15) is 19.2 Å². The van der Waals surface area contributed by atoms with Crippen LogP contribution in [0.3, 0.4) is 0 Å². The van der Waals surface area contributed by atoms with Crippen molar-refractivity contribution < 1.29 is 19.2 Å².